The number of fused-ring (bicyclic) bond motifs is 6. The molecule has 10 aromatic heterocycles. The van der Waals surface area contributed by atoms with E-state index in [9.17, 15) is 37.5 Å². The molecule has 5 N–H and O–H groups in total. The summed E-state index contributed by atoms with van der Waals surface area (Å²) in [5.41, 5.74) is 13.9. The third-order valence-electron chi connectivity index (χ3n) is 23.4. The van der Waals surface area contributed by atoms with Crippen LogP contribution in [0.3, 0.4) is 0 Å². The molecule has 20 aromatic rings. The van der Waals surface area contributed by atoms with Crippen molar-refractivity contribution in [3.63, 3.8) is 0 Å². The number of halogens is 3. The number of hydrogen-bond acceptors (Lipinski definition) is 22. The van der Waals surface area contributed by atoms with Crippen LogP contribution < -0.4 is 56.4 Å². The Morgan fingerprint density at radius 3 is 1.16 bits per heavy atom. The van der Waals surface area contributed by atoms with E-state index in [2.05, 4.69) is 93.2 Å². The van der Waals surface area contributed by atoms with Crippen molar-refractivity contribution in [2.24, 2.45) is 0 Å². The topological polar surface area (TPSA) is 385 Å². The molecule has 0 bridgehead atoms. The van der Waals surface area contributed by atoms with Gasteiger partial charge in [-0.05, 0) is 140 Å². The highest BCUT2D eigenvalue weighted by atomic mass is 35.5. The molecule has 1 saturated carbocycles. The van der Waals surface area contributed by atoms with E-state index in [-0.39, 0.29) is 70.8 Å². The summed E-state index contributed by atoms with van der Waals surface area (Å²) in [5.74, 6) is 4.93. The molecule has 1 aliphatic carbocycles. The van der Waals surface area contributed by atoms with Crippen LogP contribution in [0.25, 0.3) is 85.8 Å². The Morgan fingerprint density at radius 2 is 0.764 bits per heavy atom. The fourth-order valence-corrected chi connectivity index (χ4v) is 16.0. The van der Waals surface area contributed by atoms with E-state index in [0.717, 1.165) is 87.5 Å². The SMILES string of the molecule is CC(F)(F)c1ccc(OCc2cc(=O)n3[nH]c(-c4ccccc4)nc3n2)cc1.COc1cc2c(cc1OC)CN(Cc1cc(=O)n3[nH]c(-c4ccccc4)nc3n1)C2.Cc1ccc(OCc2cc(=O)n3[nH]c(-c4ccccc4)nc3n2)cc1Cl.Cc1cccc(N(C)C(=O)c2cc(=O)n3[nH]c(-c4ccccc4)nc3n2)c1C.Cc1cccc(OCc2cc(=O)n3[nH]c(-c4ccccc4)nc3n2)c1C1CC1. The van der Waals surface area contributed by atoms with Crippen LogP contribution in [-0.4, -0.2) is 130 Å². The smallest absolute Gasteiger partial charge is 0.276 e. The summed E-state index contributed by atoms with van der Waals surface area (Å²) in [6.45, 7) is 11.3. The minimum absolute atomic E-state index is 0.0150. The van der Waals surface area contributed by atoms with Crippen LogP contribution in [0.5, 0.6) is 28.7 Å². The predicted octanol–water partition coefficient (Wildman–Crippen LogP) is 16.8. The van der Waals surface area contributed by atoms with Gasteiger partial charge in [0.25, 0.3) is 68.5 Å². The molecular weight excluding hydrogens is 1810 g/mol. The Labute approximate surface area is 801 Å². The van der Waals surface area contributed by atoms with Gasteiger partial charge in [0.05, 0.1) is 37.0 Å². The van der Waals surface area contributed by atoms with Crippen molar-refractivity contribution >= 4 is 52.1 Å². The molecule has 11 heterocycles. The summed E-state index contributed by atoms with van der Waals surface area (Å²) >= 11 is 6.10. The van der Waals surface area contributed by atoms with Gasteiger partial charge in [0.15, 0.2) is 40.6 Å². The van der Waals surface area contributed by atoms with Gasteiger partial charge in [0, 0.05) is 114 Å². The minimum atomic E-state index is -2.91. The van der Waals surface area contributed by atoms with Crippen molar-refractivity contribution in [2.75, 3.05) is 26.2 Å². The van der Waals surface area contributed by atoms with Crippen LogP contribution in [0.1, 0.15) is 103 Å². The van der Waals surface area contributed by atoms with Crippen molar-refractivity contribution in [3.05, 3.63) is 403 Å². The summed E-state index contributed by atoms with van der Waals surface area (Å²) in [5, 5.41) is 15.5. The second kappa shape index (κ2) is 40.6. The molecule has 1 fully saturated rings. The first-order chi connectivity index (χ1) is 67.8. The van der Waals surface area contributed by atoms with E-state index in [4.69, 9.17) is 35.3 Å². The Kier molecular flexibility index (Phi) is 27.0. The van der Waals surface area contributed by atoms with Gasteiger partial charge in [-0.2, -0.15) is 47.5 Å². The van der Waals surface area contributed by atoms with Gasteiger partial charge in [-0.1, -0.05) is 194 Å². The van der Waals surface area contributed by atoms with E-state index in [1.165, 1.54) is 111 Å². The number of benzene rings is 10. The maximum atomic E-state index is 13.3. The lowest BCUT2D eigenvalue weighted by Gasteiger charge is -2.20. The van der Waals surface area contributed by atoms with Crippen LogP contribution in [-0.2, 0) is 45.4 Å². The molecule has 0 unspecified atom stereocenters. The van der Waals surface area contributed by atoms with Gasteiger partial charge in [-0.25, -0.2) is 33.7 Å². The number of nitrogens with zero attached hydrogens (tertiary/aromatic N) is 17. The van der Waals surface area contributed by atoms with Crippen LogP contribution in [0, 0.1) is 27.7 Å². The Balaban J connectivity index is 0.000000116. The van der Waals surface area contributed by atoms with Gasteiger partial charge < -0.3 is 28.6 Å². The van der Waals surface area contributed by atoms with Crippen LogP contribution in [0.4, 0.5) is 14.5 Å². The van der Waals surface area contributed by atoms with Gasteiger partial charge in [0.1, 0.15) is 42.8 Å². The number of aromatic amines is 5. The van der Waals surface area contributed by atoms with Crippen LogP contribution in [0.15, 0.2) is 297 Å². The lowest BCUT2D eigenvalue weighted by atomic mass is 10.0. The first-order valence-corrected chi connectivity index (χ1v) is 44.9. The number of aryl methyl sites for hydroxylation is 3. The maximum Gasteiger partial charge on any atom is 0.276 e. The number of aromatic nitrogens is 20. The van der Waals surface area contributed by atoms with Gasteiger partial charge >= 0.3 is 0 Å². The summed E-state index contributed by atoms with van der Waals surface area (Å²) in [6.07, 6.45) is 2.42. The molecule has 704 valence electrons. The normalized spacial score (nSPS) is 12.2. The number of nitrogens with one attached hydrogen (secondary N) is 5. The average Bonchev–Trinajstić information content (AvgIpc) is 1.67. The molecule has 0 saturated heterocycles. The van der Waals surface area contributed by atoms with Crippen molar-refractivity contribution in [1.82, 2.24) is 103 Å². The zero-order chi connectivity index (χ0) is 97.4. The lowest BCUT2D eigenvalue weighted by Crippen LogP contribution is -2.30. The average molecular weight is 1900 g/mol. The molecule has 1 aliphatic heterocycles. The largest absolute Gasteiger partial charge is 0.493 e. The van der Waals surface area contributed by atoms with E-state index in [1.54, 1.807) is 33.4 Å². The second-order valence-corrected chi connectivity index (χ2v) is 33.8. The summed E-state index contributed by atoms with van der Waals surface area (Å²) in [6, 6.07) is 81.6. The summed E-state index contributed by atoms with van der Waals surface area (Å²) in [4.78, 5) is 123. The van der Waals surface area contributed by atoms with E-state index < -0.39 is 11.5 Å². The molecule has 22 rings (SSSR count). The zero-order valence-electron chi connectivity index (χ0n) is 76.9. The van der Waals surface area contributed by atoms with Crippen LogP contribution in [0.2, 0.25) is 5.02 Å². The Morgan fingerprint density at radius 1 is 0.400 bits per heavy atom. The molecule has 2 aliphatic rings. The number of amides is 1. The molecule has 10 aromatic carbocycles. The fourth-order valence-electron chi connectivity index (χ4n) is 15.8. The zero-order valence-corrected chi connectivity index (χ0v) is 77.7. The highest BCUT2D eigenvalue weighted by Gasteiger charge is 2.30. The summed E-state index contributed by atoms with van der Waals surface area (Å²) in [7, 11) is 4.95. The lowest BCUT2D eigenvalue weighted by molar-refractivity contribution is 0.0174. The van der Waals surface area contributed by atoms with E-state index >= 15 is 0 Å². The Hall–Kier alpha value is -17.5. The second-order valence-electron chi connectivity index (χ2n) is 33.3. The van der Waals surface area contributed by atoms with Gasteiger partial charge in [-0.15, -0.1) is 0 Å². The number of carbonyl (C=O) groups is 1. The standard InChI is InChI=1S/C22H21N5O3.C22H20N4O2.C21H19N5O2.C20H16F2N4O2.C19H15ClN4O2/c1-29-18-8-15-11-26(12-16(15)9-19(18)30-2)13-17-10-20(28)27-22(23-17)24-21(25-27)14-6-4-3-5-7-14;1-14-6-5-9-18(20(14)15-10-11-15)28-13-17-12-19(27)26-22(23-17)24-21(25-26)16-7-3-2-4-8-16;1-13-8-7-11-17(14(13)2)25(3)20(28)16-12-18(27)26-21(22-16)23-19(24-26)15-9-5-4-6-10-15;1-20(21,22)14-7-9-16(10-8-14)28-12-15-11-17(27)26-19(23-15)24-18(25-26)13-5-3-2-4-6-13;1-12-7-8-15(10-16(12)20)26-11-14-9-17(25)24-19(21-14)22-18(23-24)13-5-3-2-4-6-13/h3-10H,11-13H2,1-2H3,(H,23,24,25);2-9,12,15H,10-11,13H2,1H3,(H,23,24,25);4-12H,1-3H3,(H,22,23,24);2-11H,12H2,1H3,(H,23,24,25);2-10H,11H2,1H3,(H,21,22,23). The van der Waals surface area contributed by atoms with Crippen LogP contribution >= 0.6 is 11.6 Å². The van der Waals surface area contributed by atoms with Gasteiger partial charge in [-0.3, -0.25) is 59.2 Å². The van der Waals surface area contributed by atoms with E-state index in [0.29, 0.717) is 98.2 Å². The molecule has 36 heteroatoms. The molecule has 1 amide bonds. The van der Waals surface area contributed by atoms with Crippen molar-refractivity contribution in [3.8, 4) is 85.7 Å². The number of carbonyl (C=O) groups excluding carboxylic acids is 1. The third kappa shape index (κ3) is 21.1. The first-order valence-electron chi connectivity index (χ1n) is 44.5. The Bertz CT molecular complexity index is 8230. The molecular formula is C104H91ClF2N22O11. The predicted molar refractivity (Wildman–Crippen MR) is 525 cm³/mol. The van der Waals surface area contributed by atoms with Crippen molar-refractivity contribution in [1.29, 1.82) is 0 Å². The highest BCUT2D eigenvalue weighted by Crippen LogP contribution is 2.46. The third-order valence-corrected chi connectivity index (χ3v) is 23.8. The number of ether oxygens (including phenoxy) is 5. The maximum absolute atomic E-state index is 13.3. The number of hydrogen-bond donors (Lipinski definition) is 5. The molecule has 140 heavy (non-hydrogen) atoms. The van der Waals surface area contributed by atoms with Crippen molar-refractivity contribution in [2.45, 2.75) is 98.8 Å². The molecule has 0 spiro atoms. The monoisotopic (exact) mass is 1900 g/mol. The summed E-state index contributed by atoms with van der Waals surface area (Å²) < 4.78 is 61.2. The van der Waals surface area contributed by atoms with E-state index in [1.807, 2.05) is 227 Å². The molecule has 0 atom stereocenters. The molecule has 0 radical (unpaired) electrons. The number of anilines is 1. The number of methoxy groups -OCH3 is 2. The number of H-pyrrole nitrogens is 5. The number of rotatable bonds is 22. The quantitative estimate of drug-likeness (QED) is 0.0421. The number of alkyl halides is 2. The van der Waals surface area contributed by atoms with Gasteiger partial charge in [0.2, 0.25) is 0 Å². The fraction of sp³-hybridized carbons (Fsp3) is 0.173. The first kappa shape index (κ1) is 93.0. The highest BCUT2D eigenvalue weighted by molar-refractivity contribution is 6.31. The minimum Gasteiger partial charge on any atom is -0.493 e. The molecule has 33 nitrogen and oxygen atoms in total. The van der Waals surface area contributed by atoms with Crippen molar-refractivity contribution < 1.29 is 37.3 Å².